The molecule has 6 heteroatoms. The molecular formula is C14H30O5Si. The van der Waals surface area contributed by atoms with Crippen LogP contribution in [0.4, 0.5) is 0 Å². The highest BCUT2D eigenvalue weighted by Gasteiger charge is 1.94. The molecule has 0 saturated carbocycles. The Morgan fingerprint density at radius 3 is 1.80 bits per heavy atom. The molecule has 5 nitrogen and oxygen atoms in total. The average molecular weight is 306 g/mol. The maximum atomic E-state index is 5.49. The molecule has 0 fully saturated rings. The lowest BCUT2D eigenvalue weighted by Gasteiger charge is -2.07. The first kappa shape index (κ1) is 20.0. The van der Waals surface area contributed by atoms with Crippen molar-refractivity contribution >= 4 is 9.76 Å². The Bertz CT molecular complexity index is 154. The maximum Gasteiger partial charge on any atom is 0.229 e. The van der Waals surface area contributed by atoms with Gasteiger partial charge in [-0.2, -0.15) is 0 Å². The van der Waals surface area contributed by atoms with Gasteiger partial charge in [0.15, 0.2) is 0 Å². The lowest BCUT2D eigenvalue weighted by molar-refractivity contribution is 0.000248. The van der Waals surface area contributed by atoms with Crippen LogP contribution in [0.3, 0.4) is 0 Å². The molecule has 0 aliphatic heterocycles. The summed E-state index contributed by atoms with van der Waals surface area (Å²) < 4.78 is 26.4. The van der Waals surface area contributed by atoms with Gasteiger partial charge in [-0.3, -0.25) is 0 Å². The molecule has 0 amide bonds. The van der Waals surface area contributed by atoms with Crippen molar-refractivity contribution in [2.45, 2.75) is 32.2 Å². The van der Waals surface area contributed by atoms with Crippen molar-refractivity contribution in [2.24, 2.45) is 0 Å². The van der Waals surface area contributed by atoms with Crippen molar-refractivity contribution < 1.29 is 23.4 Å². The highest BCUT2D eigenvalue weighted by molar-refractivity contribution is 6.26. The summed E-state index contributed by atoms with van der Waals surface area (Å²) in [7, 11) is 2.28. The molecule has 0 aromatic carbocycles. The van der Waals surface area contributed by atoms with Crippen molar-refractivity contribution in [3.63, 3.8) is 0 Å². The lowest BCUT2D eigenvalue weighted by atomic mass is 10.3. The van der Waals surface area contributed by atoms with Gasteiger partial charge in [-0.25, -0.2) is 0 Å². The van der Waals surface area contributed by atoms with E-state index in [0.29, 0.717) is 62.6 Å². The van der Waals surface area contributed by atoms with E-state index in [9.17, 15) is 0 Å². The molecule has 0 N–H and O–H groups in total. The van der Waals surface area contributed by atoms with Gasteiger partial charge in [0, 0.05) is 7.11 Å². The summed E-state index contributed by atoms with van der Waals surface area (Å²) in [6.45, 7) is 7.21. The smallest absolute Gasteiger partial charge is 0.229 e. The minimum atomic E-state index is 0.600. The third-order valence-corrected chi connectivity index (χ3v) is 3.46. The molecule has 0 aromatic heterocycles. The predicted octanol–water partition coefficient (Wildman–Crippen LogP) is 1.93. The van der Waals surface area contributed by atoms with Crippen LogP contribution in [-0.2, 0) is 23.4 Å². The fraction of sp³-hybridized carbons (Fsp3) is 1.00. The van der Waals surface area contributed by atoms with Gasteiger partial charge in [-0.05, 0) is 6.04 Å². The number of rotatable bonds is 17. The van der Waals surface area contributed by atoms with Gasteiger partial charge in [-0.1, -0.05) is 26.2 Å². The SMILES string of the molecule is CCCCC[Si]OCCOCCOCCOCCOC. The van der Waals surface area contributed by atoms with E-state index in [0.717, 1.165) is 0 Å². The van der Waals surface area contributed by atoms with E-state index in [4.69, 9.17) is 23.4 Å². The van der Waals surface area contributed by atoms with E-state index in [1.807, 2.05) is 0 Å². The van der Waals surface area contributed by atoms with Crippen LogP contribution < -0.4 is 0 Å². The van der Waals surface area contributed by atoms with E-state index in [1.54, 1.807) is 7.11 Å². The van der Waals surface area contributed by atoms with Crippen molar-refractivity contribution in [1.29, 1.82) is 0 Å². The largest absolute Gasteiger partial charge is 0.415 e. The van der Waals surface area contributed by atoms with Crippen molar-refractivity contribution in [3.05, 3.63) is 0 Å². The second-order valence-electron chi connectivity index (χ2n) is 4.28. The highest BCUT2D eigenvalue weighted by Crippen LogP contribution is 1.98. The zero-order chi connectivity index (χ0) is 14.7. The first-order chi connectivity index (χ1) is 9.91. The molecule has 0 bridgehead atoms. The van der Waals surface area contributed by atoms with Gasteiger partial charge in [0.05, 0.1) is 52.9 Å². The minimum absolute atomic E-state index is 0.600. The molecule has 0 aliphatic rings. The van der Waals surface area contributed by atoms with Crippen LogP contribution >= 0.6 is 0 Å². The fourth-order valence-electron chi connectivity index (χ4n) is 1.38. The number of unbranched alkanes of at least 4 members (excludes halogenated alkanes) is 2. The Morgan fingerprint density at radius 1 is 0.700 bits per heavy atom. The molecular weight excluding hydrogens is 276 g/mol. The second-order valence-corrected chi connectivity index (χ2v) is 5.36. The Hall–Kier alpha value is 0.0169. The summed E-state index contributed by atoms with van der Waals surface area (Å²) >= 11 is 0. The van der Waals surface area contributed by atoms with Crippen LogP contribution in [0.15, 0.2) is 0 Å². The third kappa shape index (κ3) is 18.0. The van der Waals surface area contributed by atoms with Crippen LogP contribution in [0.1, 0.15) is 26.2 Å². The number of hydrogen-bond donors (Lipinski definition) is 0. The quantitative estimate of drug-likeness (QED) is 0.303. The fourth-order valence-corrected chi connectivity index (χ4v) is 2.14. The summed E-state index contributed by atoms with van der Waals surface area (Å²) in [4.78, 5) is 0. The Balaban J connectivity index is 2.89. The molecule has 0 rings (SSSR count). The van der Waals surface area contributed by atoms with E-state index in [2.05, 4.69) is 6.92 Å². The van der Waals surface area contributed by atoms with Gasteiger partial charge in [0.2, 0.25) is 9.76 Å². The monoisotopic (exact) mass is 306 g/mol. The van der Waals surface area contributed by atoms with Gasteiger partial charge in [0.1, 0.15) is 0 Å². The van der Waals surface area contributed by atoms with Crippen LogP contribution in [0, 0.1) is 0 Å². The molecule has 0 heterocycles. The maximum absolute atomic E-state index is 5.49. The van der Waals surface area contributed by atoms with E-state index in [-0.39, 0.29) is 0 Å². The highest BCUT2D eigenvalue weighted by atomic mass is 28.2. The van der Waals surface area contributed by atoms with Crippen molar-refractivity contribution in [1.82, 2.24) is 0 Å². The number of hydrogen-bond acceptors (Lipinski definition) is 5. The molecule has 0 atom stereocenters. The Labute approximate surface area is 126 Å². The molecule has 120 valence electrons. The van der Waals surface area contributed by atoms with Crippen LogP contribution in [0.25, 0.3) is 0 Å². The molecule has 0 aliphatic carbocycles. The molecule has 0 unspecified atom stereocenters. The van der Waals surface area contributed by atoms with Gasteiger partial charge in [0.25, 0.3) is 0 Å². The number of ether oxygens (including phenoxy) is 4. The van der Waals surface area contributed by atoms with E-state index < -0.39 is 0 Å². The molecule has 20 heavy (non-hydrogen) atoms. The molecule has 0 aromatic rings. The summed E-state index contributed by atoms with van der Waals surface area (Å²) in [5.74, 6) is 0. The zero-order valence-corrected chi connectivity index (χ0v) is 14.0. The first-order valence-corrected chi connectivity index (χ1v) is 8.60. The minimum Gasteiger partial charge on any atom is -0.415 e. The summed E-state index contributed by atoms with van der Waals surface area (Å²) in [6, 6.07) is 1.18. The van der Waals surface area contributed by atoms with E-state index >= 15 is 0 Å². The summed E-state index contributed by atoms with van der Waals surface area (Å²) in [5.41, 5.74) is 0. The van der Waals surface area contributed by atoms with Crippen LogP contribution in [0.5, 0.6) is 0 Å². The predicted molar refractivity (Wildman–Crippen MR) is 80.4 cm³/mol. The van der Waals surface area contributed by atoms with E-state index in [1.165, 1.54) is 25.3 Å². The van der Waals surface area contributed by atoms with Gasteiger partial charge < -0.3 is 23.4 Å². The van der Waals surface area contributed by atoms with Gasteiger partial charge in [-0.15, -0.1) is 0 Å². The van der Waals surface area contributed by atoms with Crippen molar-refractivity contribution in [2.75, 3.05) is 60.0 Å². The summed E-state index contributed by atoms with van der Waals surface area (Å²) in [5, 5.41) is 0. The topological polar surface area (TPSA) is 46.2 Å². The summed E-state index contributed by atoms with van der Waals surface area (Å²) in [6.07, 6.45) is 3.85. The van der Waals surface area contributed by atoms with Crippen molar-refractivity contribution in [3.8, 4) is 0 Å². The zero-order valence-electron chi connectivity index (χ0n) is 13.0. The average Bonchev–Trinajstić information content (AvgIpc) is 2.47. The van der Waals surface area contributed by atoms with Gasteiger partial charge >= 0.3 is 0 Å². The molecule has 0 saturated heterocycles. The normalized spacial score (nSPS) is 11.1. The third-order valence-electron chi connectivity index (χ3n) is 2.49. The Kier molecular flexibility index (Phi) is 19.0. The van der Waals surface area contributed by atoms with Crippen LogP contribution in [0.2, 0.25) is 6.04 Å². The number of methoxy groups -OCH3 is 1. The molecule has 2 radical (unpaired) electrons. The second kappa shape index (κ2) is 19.0. The standard InChI is InChI=1S/C14H30O5Si/c1-3-4-5-14-20-19-13-12-18-11-10-17-9-8-16-7-6-15-2/h3-14H2,1-2H3. The van der Waals surface area contributed by atoms with Crippen LogP contribution in [-0.4, -0.2) is 69.7 Å². The lowest BCUT2D eigenvalue weighted by Crippen LogP contribution is -2.13. The Morgan fingerprint density at radius 2 is 1.25 bits per heavy atom. The molecule has 0 spiro atoms. The first-order valence-electron chi connectivity index (χ1n) is 7.48.